The molecule has 1 aromatic carbocycles. The normalized spacial score (nSPS) is 12.3. The molecule has 0 fully saturated rings. The minimum atomic E-state index is -2.97. The molecule has 0 aliphatic heterocycles. The van der Waals surface area contributed by atoms with E-state index in [1.807, 2.05) is 6.92 Å². The maximum absolute atomic E-state index is 12.2. The summed E-state index contributed by atoms with van der Waals surface area (Å²) in [6.07, 6.45) is 0.565. The number of carbonyl (C=O) groups is 1. The molecule has 106 valence electrons. The van der Waals surface area contributed by atoms with Crippen molar-refractivity contribution in [3.63, 3.8) is 0 Å². The molecule has 0 radical (unpaired) electrons. The third-order valence-electron chi connectivity index (χ3n) is 2.58. The fourth-order valence-corrected chi connectivity index (χ4v) is 1.54. The van der Waals surface area contributed by atoms with Gasteiger partial charge in [0.05, 0.1) is 5.56 Å². The van der Waals surface area contributed by atoms with Gasteiger partial charge in [-0.05, 0) is 24.5 Å². The van der Waals surface area contributed by atoms with Gasteiger partial charge in [0, 0.05) is 13.2 Å². The highest BCUT2D eigenvalue weighted by Gasteiger charge is 2.15. The number of rotatable bonds is 7. The lowest BCUT2D eigenvalue weighted by molar-refractivity contribution is -0.0501. The van der Waals surface area contributed by atoms with Crippen LogP contribution in [0.2, 0.25) is 0 Å². The summed E-state index contributed by atoms with van der Waals surface area (Å²) < 4.78 is 28.7. The van der Waals surface area contributed by atoms with Crippen LogP contribution in [0.15, 0.2) is 24.3 Å². The number of amides is 1. The lowest BCUT2D eigenvalue weighted by Gasteiger charge is -2.13. The number of ether oxygens (including phenoxy) is 1. The van der Waals surface area contributed by atoms with Crippen LogP contribution in [-0.2, 0) is 0 Å². The number of aliphatic hydroxyl groups excluding tert-OH is 1. The first-order chi connectivity index (χ1) is 9.04. The molecule has 0 bridgehead atoms. The summed E-state index contributed by atoms with van der Waals surface area (Å²) >= 11 is 0. The molecule has 0 spiro atoms. The van der Waals surface area contributed by atoms with E-state index in [1.165, 1.54) is 18.2 Å². The van der Waals surface area contributed by atoms with Crippen LogP contribution in [0.25, 0.3) is 0 Å². The minimum absolute atomic E-state index is 0.0438. The van der Waals surface area contributed by atoms with E-state index >= 15 is 0 Å². The lowest BCUT2D eigenvalue weighted by atomic mass is 10.1. The monoisotopic (exact) mass is 273 g/mol. The highest BCUT2D eigenvalue weighted by molar-refractivity contribution is 5.96. The maximum Gasteiger partial charge on any atom is 0.387 e. The van der Waals surface area contributed by atoms with E-state index in [4.69, 9.17) is 5.11 Å². The Labute approximate surface area is 110 Å². The number of hydrogen-bond donors (Lipinski definition) is 2. The van der Waals surface area contributed by atoms with Crippen LogP contribution in [0, 0.1) is 5.92 Å². The smallest absolute Gasteiger partial charge is 0.387 e. The van der Waals surface area contributed by atoms with Gasteiger partial charge in [-0.2, -0.15) is 8.78 Å². The summed E-state index contributed by atoms with van der Waals surface area (Å²) in [5.41, 5.74) is 0.0685. The molecule has 0 heterocycles. The Morgan fingerprint density at radius 3 is 2.74 bits per heavy atom. The number of alkyl halides is 2. The summed E-state index contributed by atoms with van der Waals surface area (Å²) in [4.78, 5) is 11.9. The molecule has 1 atom stereocenters. The van der Waals surface area contributed by atoms with Crippen LogP contribution < -0.4 is 10.1 Å². The van der Waals surface area contributed by atoms with E-state index in [9.17, 15) is 13.6 Å². The molecular weight excluding hydrogens is 256 g/mol. The molecule has 19 heavy (non-hydrogen) atoms. The lowest BCUT2D eigenvalue weighted by Crippen LogP contribution is -2.29. The predicted octanol–water partition coefficient (Wildman–Crippen LogP) is 2.04. The van der Waals surface area contributed by atoms with E-state index in [-0.39, 0.29) is 23.8 Å². The van der Waals surface area contributed by atoms with Crippen LogP contribution in [0.1, 0.15) is 23.7 Å². The van der Waals surface area contributed by atoms with Gasteiger partial charge in [0.25, 0.3) is 5.91 Å². The van der Waals surface area contributed by atoms with E-state index in [1.54, 1.807) is 6.07 Å². The summed E-state index contributed by atoms with van der Waals surface area (Å²) in [6, 6.07) is 5.83. The second-order valence-corrected chi connectivity index (χ2v) is 4.20. The van der Waals surface area contributed by atoms with Gasteiger partial charge >= 0.3 is 6.61 Å². The molecule has 0 saturated heterocycles. The Morgan fingerprint density at radius 1 is 1.42 bits per heavy atom. The Morgan fingerprint density at radius 2 is 2.11 bits per heavy atom. The molecule has 1 rings (SSSR count). The quantitative estimate of drug-likeness (QED) is 0.799. The van der Waals surface area contributed by atoms with E-state index in [0.717, 1.165) is 0 Å². The van der Waals surface area contributed by atoms with Gasteiger partial charge in [-0.15, -0.1) is 0 Å². The molecule has 2 N–H and O–H groups in total. The SMILES string of the molecule is CC(CCO)CNC(=O)c1ccccc1OC(F)F. The first kappa shape index (κ1) is 15.4. The Bertz CT molecular complexity index is 413. The van der Waals surface area contributed by atoms with Gasteiger partial charge in [-0.3, -0.25) is 4.79 Å². The summed E-state index contributed by atoms with van der Waals surface area (Å²) in [7, 11) is 0. The van der Waals surface area contributed by atoms with Gasteiger partial charge < -0.3 is 15.2 Å². The number of para-hydroxylation sites is 1. The Hall–Kier alpha value is -1.69. The second kappa shape index (κ2) is 7.68. The van der Waals surface area contributed by atoms with Crippen LogP contribution in [0.3, 0.4) is 0 Å². The zero-order valence-corrected chi connectivity index (χ0v) is 10.6. The van der Waals surface area contributed by atoms with Crippen molar-refractivity contribution in [2.75, 3.05) is 13.2 Å². The van der Waals surface area contributed by atoms with Gasteiger partial charge in [0.2, 0.25) is 0 Å². The molecule has 0 saturated carbocycles. The molecule has 0 aromatic heterocycles. The third kappa shape index (κ3) is 5.21. The molecule has 0 aliphatic rings. The summed E-state index contributed by atoms with van der Waals surface area (Å²) in [5.74, 6) is -0.511. The van der Waals surface area contributed by atoms with Crippen molar-refractivity contribution in [2.24, 2.45) is 5.92 Å². The van der Waals surface area contributed by atoms with Crippen LogP contribution >= 0.6 is 0 Å². The first-order valence-corrected chi connectivity index (χ1v) is 5.97. The van der Waals surface area contributed by atoms with E-state index in [2.05, 4.69) is 10.1 Å². The molecule has 1 unspecified atom stereocenters. The standard InChI is InChI=1S/C13H17F2NO3/c1-9(6-7-17)8-16-12(18)10-4-2-3-5-11(10)19-13(14)15/h2-5,9,13,17H,6-8H2,1H3,(H,16,18). The number of carbonyl (C=O) groups excluding carboxylic acids is 1. The van der Waals surface area contributed by atoms with Gasteiger partial charge in [0.1, 0.15) is 5.75 Å². The van der Waals surface area contributed by atoms with Gasteiger partial charge in [-0.1, -0.05) is 19.1 Å². The molecular formula is C13H17F2NO3. The molecule has 1 aromatic rings. The van der Waals surface area contributed by atoms with Gasteiger partial charge in [-0.25, -0.2) is 0 Å². The number of nitrogens with one attached hydrogen (secondary N) is 1. The zero-order valence-electron chi connectivity index (χ0n) is 10.6. The van der Waals surface area contributed by atoms with E-state index < -0.39 is 12.5 Å². The molecule has 1 amide bonds. The van der Waals surface area contributed by atoms with Crippen LogP contribution in [-0.4, -0.2) is 30.8 Å². The average molecular weight is 273 g/mol. The number of benzene rings is 1. The highest BCUT2D eigenvalue weighted by Crippen LogP contribution is 2.20. The van der Waals surface area contributed by atoms with Crippen LogP contribution in [0.5, 0.6) is 5.75 Å². The van der Waals surface area contributed by atoms with Crippen molar-refractivity contribution < 1.29 is 23.4 Å². The number of aliphatic hydroxyl groups is 1. The van der Waals surface area contributed by atoms with Crippen molar-refractivity contribution in [2.45, 2.75) is 20.0 Å². The number of halogens is 2. The molecule has 0 aliphatic carbocycles. The largest absolute Gasteiger partial charge is 0.434 e. The topological polar surface area (TPSA) is 58.6 Å². The van der Waals surface area contributed by atoms with Crippen molar-refractivity contribution in [3.8, 4) is 5.75 Å². The molecule has 4 nitrogen and oxygen atoms in total. The first-order valence-electron chi connectivity index (χ1n) is 5.97. The maximum atomic E-state index is 12.2. The summed E-state index contributed by atoms with van der Waals surface area (Å²) in [6.45, 7) is -0.690. The van der Waals surface area contributed by atoms with Gasteiger partial charge in [0.15, 0.2) is 0 Å². The van der Waals surface area contributed by atoms with E-state index in [0.29, 0.717) is 13.0 Å². The third-order valence-corrected chi connectivity index (χ3v) is 2.58. The van der Waals surface area contributed by atoms with Crippen LogP contribution in [0.4, 0.5) is 8.78 Å². The zero-order chi connectivity index (χ0) is 14.3. The van der Waals surface area contributed by atoms with Crippen molar-refractivity contribution in [3.05, 3.63) is 29.8 Å². The summed E-state index contributed by atoms with van der Waals surface area (Å²) in [5, 5.41) is 11.4. The fraction of sp³-hybridized carbons (Fsp3) is 0.462. The van der Waals surface area contributed by atoms with Crippen molar-refractivity contribution >= 4 is 5.91 Å². The minimum Gasteiger partial charge on any atom is -0.434 e. The van der Waals surface area contributed by atoms with Crippen molar-refractivity contribution in [1.82, 2.24) is 5.32 Å². The predicted molar refractivity (Wildman–Crippen MR) is 66.3 cm³/mol. The van der Waals surface area contributed by atoms with Crippen molar-refractivity contribution in [1.29, 1.82) is 0 Å². The highest BCUT2D eigenvalue weighted by atomic mass is 19.3. The Kier molecular flexibility index (Phi) is 6.21. The second-order valence-electron chi connectivity index (χ2n) is 4.20. The number of hydrogen-bond acceptors (Lipinski definition) is 3. The Balaban J connectivity index is 2.66. The molecule has 6 heteroatoms. The fourth-order valence-electron chi connectivity index (χ4n) is 1.54. The average Bonchev–Trinajstić information content (AvgIpc) is 2.36.